The van der Waals surface area contributed by atoms with Crippen LogP contribution in [-0.4, -0.2) is 58.0 Å². The highest BCUT2D eigenvalue weighted by molar-refractivity contribution is 6.74. The molecule has 1 amide bonds. The summed E-state index contributed by atoms with van der Waals surface area (Å²) in [6, 6.07) is 1.39. The zero-order valence-corrected chi connectivity index (χ0v) is 21.7. The molecule has 1 rings (SSSR count). The molecule has 0 aromatic rings. The van der Waals surface area contributed by atoms with Crippen LogP contribution >= 0.6 is 0 Å². The first-order chi connectivity index (χ1) is 12.4. The van der Waals surface area contributed by atoms with Gasteiger partial charge in [0.25, 0.3) is 0 Å². The highest BCUT2D eigenvalue weighted by Gasteiger charge is 2.49. The maximum absolute atomic E-state index is 12.9. The Balaban J connectivity index is 3.17. The van der Waals surface area contributed by atoms with Crippen molar-refractivity contribution in [2.75, 3.05) is 6.61 Å². The molecule has 0 N–H and O–H groups in total. The van der Waals surface area contributed by atoms with E-state index in [1.54, 1.807) is 4.90 Å². The molecule has 0 radical (unpaired) electrons. The Labute approximate surface area is 173 Å². The third kappa shape index (κ3) is 6.87. The van der Waals surface area contributed by atoms with Crippen molar-refractivity contribution in [3.8, 4) is 6.07 Å². The molecule has 0 unspecified atom stereocenters. The molecule has 0 aliphatic carbocycles. The van der Waals surface area contributed by atoms with Gasteiger partial charge in [0.2, 0.25) is 0 Å². The molecule has 8 heteroatoms. The van der Waals surface area contributed by atoms with Crippen molar-refractivity contribution in [3.63, 3.8) is 0 Å². The molecule has 1 saturated heterocycles. The summed E-state index contributed by atoms with van der Waals surface area (Å²) in [7, 11) is -3.87. The Morgan fingerprint density at radius 3 is 2.04 bits per heavy atom. The lowest BCUT2D eigenvalue weighted by molar-refractivity contribution is 0.00562. The van der Waals surface area contributed by atoms with Crippen molar-refractivity contribution in [2.45, 2.75) is 110 Å². The molecule has 1 aliphatic heterocycles. The van der Waals surface area contributed by atoms with E-state index in [0.717, 1.165) is 0 Å². The monoisotopic (exact) mass is 428 g/mol. The van der Waals surface area contributed by atoms with E-state index < -0.39 is 34.4 Å². The van der Waals surface area contributed by atoms with Crippen molar-refractivity contribution in [1.29, 1.82) is 5.26 Å². The molecule has 1 fully saturated rings. The van der Waals surface area contributed by atoms with Crippen LogP contribution in [0.3, 0.4) is 0 Å². The van der Waals surface area contributed by atoms with Crippen LogP contribution in [-0.2, 0) is 13.6 Å². The maximum atomic E-state index is 12.9. The predicted octanol–water partition coefficient (Wildman–Crippen LogP) is 5.13. The van der Waals surface area contributed by atoms with Gasteiger partial charge < -0.3 is 13.6 Å². The predicted molar refractivity (Wildman–Crippen MR) is 117 cm³/mol. The molecular weight excluding hydrogens is 388 g/mol. The van der Waals surface area contributed by atoms with Crippen LogP contribution in [0.5, 0.6) is 0 Å². The molecule has 0 saturated carbocycles. The first kappa shape index (κ1) is 25.2. The van der Waals surface area contributed by atoms with Crippen LogP contribution < -0.4 is 0 Å². The Morgan fingerprint density at radius 2 is 1.64 bits per heavy atom. The van der Waals surface area contributed by atoms with Crippen LogP contribution in [0, 0.1) is 11.3 Å². The second-order valence-electron chi connectivity index (χ2n) is 11.2. The lowest BCUT2D eigenvalue weighted by Gasteiger charge is -2.39. The third-order valence-electron chi connectivity index (χ3n) is 5.26. The average Bonchev–Trinajstić information content (AvgIpc) is 2.77. The minimum absolute atomic E-state index is 0.0616. The molecule has 3 atom stereocenters. The van der Waals surface area contributed by atoms with Gasteiger partial charge in [0, 0.05) is 6.42 Å². The SMILES string of the molecule is CC(C)(C)OC(=O)N1[C@H](C#N)C[C@H](O[Si](C)(C)C)[C@H]1CO[Si](C)(C)C(C)(C)C. The van der Waals surface area contributed by atoms with E-state index in [1.165, 1.54) is 0 Å². The van der Waals surface area contributed by atoms with Crippen molar-refractivity contribution in [3.05, 3.63) is 0 Å². The minimum atomic E-state index is -2.01. The Bertz CT molecular complexity index is 597. The number of hydrogen-bond acceptors (Lipinski definition) is 5. The molecule has 162 valence electrons. The Morgan fingerprint density at radius 1 is 1.11 bits per heavy atom. The fraction of sp³-hybridized carbons (Fsp3) is 0.900. The highest BCUT2D eigenvalue weighted by atomic mass is 28.4. The lowest BCUT2D eigenvalue weighted by Crippen LogP contribution is -2.52. The summed E-state index contributed by atoms with van der Waals surface area (Å²) in [5.74, 6) is 0. The first-order valence-corrected chi connectivity index (χ1v) is 16.4. The van der Waals surface area contributed by atoms with Gasteiger partial charge >= 0.3 is 6.09 Å². The summed E-state index contributed by atoms with van der Waals surface area (Å²) in [6.07, 6.45) is -0.191. The molecule has 0 aromatic carbocycles. The number of hydrogen-bond donors (Lipinski definition) is 0. The second-order valence-corrected chi connectivity index (χ2v) is 20.4. The van der Waals surface area contributed by atoms with E-state index in [0.29, 0.717) is 13.0 Å². The Kier molecular flexibility index (Phi) is 7.60. The summed E-state index contributed by atoms with van der Waals surface area (Å²) < 4.78 is 18.4. The van der Waals surface area contributed by atoms with Crippen molar-refractivity contribution in [2.24, 2.45) is 0 Å². The number of nitrogens with zero attached hydrogens (tertiary/aromatic N) is 2. The summed E-state index contributed by atoms with van der Waals surface area (Å²) >= 11 is 0. The smallest absolute Gasteiger partial charge is 0.411 e. The number of amides is 1. The zero-order valence-electron chi connectivity index (χ0n) is 19.7. The number of likely N-dealkylation sites (tertiary alicyclic amines) is 1. The normalized spacial score (nSPS) is 24.2. The van der Waals surface area contributed by atoms with Gasteiger partial charge in [-0.05, 0) is 58.5 Å². The largest absolute Gasteiger partial charge is 0.444 e. The molecule has 0 spiro atoms. The summed E-state index contributed by atoms with van der Waals surface area (Å²) in [5, 5.41) is 9.76. The second kappa shape index (κ2) is 8.46. The van der Waals surface area contributed by atoms with E-state index >= 15 is 0 Å². The number of rotatable bonds is 5. The summed E-state index contributed by atoms with van der Waals surface area (Å²) in [4.78, 5) is 14.5. The summed E-state index contributed by atoms with van der Waals surface area (Å²) in [5.41, 5.74) is -0.625. The maximum Gasteiger partial charge on any atom is 0.411 e. The van der Waals surface area contributed by atoms with Gasteiger partial charge in [0.05, 0.1) is 24.8 Å². The van der Waals surface area contributed by atoms with Gasteiger partial charge in [-0.15, -0.1) is 0 Å². The van der Waals surface area contributed by atoms with Gasteiger partial charge in [-0.1, -0.05) is 20.8 Å². The molecule has 0 aromatic heterocycles. The lowest BCUT2D eigenvalue weighted by atomic mass is 10.1. The molecule has 6 nitrogen and oxygen atoms in total. The molecule has 1 heterocycles. The number of carbonyl (C=O) groups excluding carboxylic acids is 1. The van der Waals surface area contributed by atoms with Gasteiger partial charge in [0.1, 0.15) is 11.6 Å². The van der Waals surface area contributed by atoms with Crippen LogP contribution in [0.1, 0.15) is 48.0 Å². The number of carbonyl (C=O) groups is 1. The van der Waals surface area contributed by atoms with E-state index in [1.807, 2.05) is 20.8 Å². The quantitative estimate of drug-likeness (QED) is 0.568. The van der Waals surface area contributed by atoms with Crippen LogP contribution in [0.2, 0.25) is 37.8 Å². The van der Waals surface area contributed by atoms with Gasteiger partial charge in [-0.25, -0.2) is 4.79 Å². The van der Waals surface area contributed by atoms with Gasteiger partial charge in [-0.2, -0.15) is 5.26 Å². The van der Waals surface area contributed by atoms with E-state index in [4.69, 9.17) is 13.6 Å². The fourth-order valence-corrected chi connectivity index (χ4v) is 5.05. The topological polar surface area (TPSA) is 71.8 Å². The number of nitriles is 1. The van der Waals surface area contributed by atoms with Gasteiger partial charge in [0.15, 0.2) is 16.6 Å². The van der Waals surface area contributed by atoms with Crippen molar-refractivity contribution < 1.29 is 18.4 Å². The van der Waals surface area contributed by atoms with Crippen molar-refractivity contribution >= 4 is 22.7 Å². The van der Waals surface area contributed by atoms with Crippen molar-refractivity contribution in [1.82, 2.24) is 4.90 Å². The van der Waals surface area contributed by atoms with Crippen LogP contribution in [0.4, 0.5) is 4.79 Å². The molecular formula is C20H40N2O4Si2. The van der Waals surface area contributed by atoms with E-state index in [-0.39, 0.29) is 17.2 Å². The molecule has 0 bridgehead atoms. The minimum Gasteiger partial charge on any atom is -0.444 e. The summed E-state index contributed by atoms with van der Waals surface area (Å²) in [6.45, 7) is 23.2. The standard InChI is InChI=1S/C20H40N2O4Si2/c1-19(2,3)25-18(23)22-15(13-21)12-17(26-27(7,8)9)16(22)14-24-28(10,11)20(4,5)6/h15-17H,12,14H2,1-11H3/t15-,16+,17-/m0/s1. The first-order valence-electron chi connectivity index (χ1n) is 10.1. The van der Waals surface area contributed by atoms with Gasteiger partial charge in [-0.3, -0.25) is 4.90 Å². The van der Waals surface area contributed by atoms with Crippen LogP contribution in [0.15, 0.2) is 0 Å². The zero-order chi connectivity index (χ0) is 22.1. The fourth-order valence-electron chi connectivity index (χ4n) is 2.87. The molecule has 1 aliphatic rings. The molecule has 28 heavy (non-hydrogen) atoms. The number of ether oxygens (including phenoxy) is 1. The van der Waals surface area contributed by atoms with E-state index in [9.17, 15) is 10.1 Å². The third-order valence-corrected chi connectivity index (χ3v) is 10.8. The Hall–Kier alpha value is -0.886. The van der Waals surface area contributed by atoms with Crippen LogP contribution in [0.25, 0.3) is 0 Å². The highest BCUT2D eigenvalue weighted by Crippen LogP contribution is 2.38. The average molecular weight is 429 g/mol. The van der Waals surface area contributed by atoms with E-state index in [2.05, 4.69) is 59.6 Å².